The molecule has 0 saturated heterocycles. The third-order valence-electron chi connectivity index (χ3n) is 5.40. The average molecular weight is 452 g/mol. The van der Waals surface area contributed by atoms with Gasteiger partial charge in [0.25, 0.3) is 0 Å². The van der Waals surface area contributed by atoms with E-state index in [1.165, 1.54) is 12.1 Å². The first-order valence-electron chi connectivity index (χ1n) is 11.1. The predicted molar refractivity (Wildman–Crippen MR) is 127 cm³/mol. The van der Waals surface area contributed by atoms with E-state index in [4.69, 9.17) is 4.74 Å². The fourth-order valence-corrected chi connectivity index (χ4v) is 3.61. The highest BCUT2D eigenvalue weighted by Crippen LogP contribution is 2.28. The second kappa shape index (κ2) is 11.6. The number of carbonyl (C=O) groups is 1. The molecule has 0 radical (unpaired) electrons. The second-order valence-electron chi connectivity index (χ2n) is 8.15. The zero-order valence-corrected chi connectivity index (χ0v) is 18.9. The summed E-state index contributed by atoms with van der Waals surface area (Å²) in [6.45, 7) is 4.80. The van der Waals surface area contributed by atoms with Crippen LogP contribution in [-0.2, 0) is 6.42 Å². The number of hydrogen-bond acceptors (Lipinski definition) is 4. The molecule has 0 spiro atoms. The van der Waals surface area contributed by atoms with Crippen LogP contribution in [0.3, 0.4) is 0 Å². The van der Waals surface area contributed by atoms with Crippen molar-refractivity contribution in [2.75, 3.05) is 13.2 Å². The summed E-state index contributed by atoms with van der Waals surface area (Å²) in [5.74, 6) is -0.992. The van der Waals surface area contributed by atoms with Crippen LogP contribution < -0.4 is 10.1 Å². The standard InChI is InChI=1S/C27H30FNO4/c1-3-13-33-26-16-21(11-12-24(26)27(31)32)20-9-7-19(8-10-20)14-18(2)29-17-25(30)22-5-4-6-23(28)15-22/h4-12,15-16,18,25,29-30H,3,13-14,17H2,1-2H3,(H,31,32)/t18-,25+/m1/s1. The molecule has 33 heavy (non-hydrogen) atoms. The van der Waals surface area contributed by atoms with Crippen LogP contribution in [0.5, 0.6) is 5.75 Å². The molecule has 3 rings (SSSR count). The van der Waals surface area contributed by atoms with Gasteiger partial charge in [0.1, 0.15) is 17.1 Å². The summed E-state index contributed by atoms with van der Waals surface area (Å²) in [4.78, 5) is 11.5. The molecule has 0 amide bonds. The maximum atomic E-state index is 13.3. The fraction of sp³-hybridized carbons (Fsp3) is 0.296. The first kappa shape index (κ1) is 24.4. The summed E-state index contributed by atoms with van der Waals surface area (Å²) in [5, 5.41) is 23.0. The smallest absolute Gasteiger partial charge is 0.339 e. The van der Waals surface area contributed by atoms with E-state index in [2.05, 4.69) is 5.32 Å². The molecule has 5 nitrogen and oxygen atoms in total. The van der Waals surface area contributed by atoms with Gasteiger partial charge in [-0.2, -0.15) is 0 Å². The minimum Gasteiger partial charge on any atom is -0.493 e. The largest absolute Gasteiger partial charge is 0.493 e. The highest BCUT2D eigenvalue weighted by molar-refractivity contribution is 5.92. The highest BCUT2D eigenvalue weighted by Gasteiger charge is 2.14. The fourth-order valence-electron chi connectivity index (χ4n) is 3.61. The van der Waals surface area contributed by atoms with Gasteiger partial charge in [-0.25, -0.2) is 9.18 Å². The van der Waals surface area contributed by atoms with E-state index >= 15 is 0 Å². The van der Waals surface area contributed by atoms with Crippen LogP contribution in [0.25, 0.3) is 11.1 Å². The van der Waals surface area contributed by atoms with Crippen molar-refractivity contribution in [3.63, 3.8) is 0 Å². The van der Waals surface area contributed by atoms with Crippen LogP contribution in [0.15, 0.2) is 66.7 Å². The third-order valence-corrected chi connectivity index (χ3v) is 5.40. The van der Waals surface area contributed by atoms with E-state index in [1.54, 1.807) is 30.3 Å². The van der Waals surface area contributed by atoms with Gasteiger partial charge in [0.2, 0.25) is 0 Å². The zero-order chi connectivity index (χ0) is 23.8. The number of aliphatic hydroxyl groups is 1. The average Bonchev–Trinajstić information content (AvgIpc) is 2.81. The molecular formula is C27H30FNO4. The van der Waals surface area contributed by atoms with Crippen LogP contribution in [0, 0.1) is 5.82 Å². The lowest BCUT2D eigenvalue weighted by Crippen LogP contribution is -2.32. The Morgan fingerprint density at radius 3 is 2.45 bits per heavy atom. The van der Waals surface area contributed by atoms with Crippen LogP contribution in [0.1, 0.15) is 47.9 Å². The SMILES string of the molecule is CCCOc1cc(-c2ccc(C[C@@H](C)NC[C@H](O)c3cccc(F)c3)cc2)ccc1C(=O)O. The van der Waals surface area contributed by atoms with Crippen molar-refractivity contribution in [2.24, 2.45) is 0 Å². The molecule has 3 aromatic rings. The molecule has 0 heterocycles. The Balaban J connectivity index is 1.61. The number of aliphatic hydroxyl groups excluding tert-OH is 1. The Kier molecular flexibility index (Phi) is 8.58. The first-order chi connectivity index (χ1) is 15.9. The lowest BCUT2D eigenvalue weighted by Gasteiger charge is -2.18. The number of benzene rings is 3. The van der Waals surface area contributed by atoms with E-state index < -0.39 is 12.1 Å². The molecule has 2 atom stereocenters. The van der Waals surface area contributed by atoms with Crippen LogP contribution in [0.4, 0.5) is 4.39 Å². The molecule has 0 saturated carbocycles. The minimum absolute atomic E-state index is 0.114. The molecule has 174 valence electrons. The maximum Gasteiger partial charge on any atom is 0.339 e. The maximum absolute atomic E-state index is 13.3. The first-order valence-corrected chi connectivity index (χ1v) is 11.1. The molecule has 6 heteroatoms. The molecule has 3 aromatic carbocycles. The zero-order valence-electron chi connectivity index (χ0n) is 18.9. The van der Waals surface area contributed by atoms with Crippen LogP contribution >= 0.6 is 0 Å². The Bertz CT molecular complexity index is 1070. The molecule has 0 aromatic heterocycles. The summed E-state index contributed by atoms with van der Waals surface area (Å²) in [6, 6.07) is 19.3. The highest BCUT2D eigenvalue weighted by atomic mass is 19.1. The van der Waals surface area contributed by atoms with E-state index in [9.17, 15) is 19.4 Å². The number of carboxylic acid groups (broad SMARTS) is 1. The van der Waals surface area contributed by atoms with E-state index in [0.29, 0.717) is 24.5 Å². The van der Waals surface area contributed by atoms with Gasteiger partial charge in [-0.15, -0.1) is 0 Å². The van der Waals surface area contributed by atoms with Gasteiger partial charge in [0, 0.05) is 12.6 Å². The minimum atomic E-state index is -1.01. The number of aromatic carboxylic acids is 1. The summed E-state index contributed by atoms with van der Waals surface area (Å²) in [7, 11) is 0. The van der Waals surface area contributed by atoms with Gasteiger partial charge in [-0.05, 0) is 66.3 Å². The van der Waals surface area contributed by atoms with Gasteiger partial charge in [-0.1, -0.05) is 49.4 Å². The molecule has 0 unspecified atom stereocenters. The van der Waals surface area contributed by atoms with E-state index in [-0.39, 0.29) is 17.4 Å². The van der Waals surface area contributed by atoms with Gasteiger partial charge in [0.05, 0.1) is 12.7 Å². The van der Waals surface area contributed by atoms with Gasteiger partial charge in [0.15, 0.2) is 0 Å². The van der Waals surface area contributed by atoms with Gasteiger partial charge >= 0.3 is 5.97 Å². The van der Waals surface area contributed by atoms with Crippen molar-refractivity contribution in [2.45, 2.75) is 38.8 Å². The molecule has 0 aliphatic heterocycles. The van der Waals surface area contributed by atoms with Crippen molar-refractivity contribution < 1.29 is 24.1 Å². The van der Waals surface area contributed by atoms with Crippen LogP contribution in [-0.4, -0.2) is 35.4 Å². The Labute approximate surface area is 193 Å². The van der Waals surface area contributed by atoms with Gasteiger partial charge in [-0.3, -0.25) is 0 Å². The lowest BCUT2D eigenvalue weighted by atomic mass is 9.99. The molecule has 0 aliphatic rings. The Morgan fingerprint density at radius 2 is 1.79 bits per heavy atom. The Hall–Kier alpha value is -3.22. The number of rotatable bonds is 11. The quantitative estimate of drug-likeness (QED) is 0.372. The molecule has 0 aliphatic carbocycles. The van der Waals surface area contributed by atoms with Crippen LogP contribution in [0.2, 0.25) is 0 Å². The molecule has 0 fully saturated rings. The number of carboxylic acids is 1. The number of nitrogens with one attached hydrogen (secondary N) is 1. The number of hydrogen-bond donors (Lipinski definition) is 3. The topological polar surface area (TPSA) is 78.8 Å². The molecule has 0 bridgehead atoms. The number of ether oxygens (including phenoxy) is 1. The van der Waals surface area contributed by atoms with Crippen molar-refractivity contribution in [3.05, 3.63) is 89.2 Å². The van der Waals surface area contributed by atoms with E-state index in [1.807, 2.05) is 38.1 Å². The lowest BCUT2D eigenvalue weighted by molar-refractivity contribution is 0.0692. The summed E-state index contributed by atoms with van der Waals surface area (Å²) in [5.41, 5.74) is 3.70. The molecule has 3 N–H and O–H groups in total. The predicted octanol–water partition coefficient (Wildman–Crippen LogP) is 5.23. The summed E-state index contributed by atoms with van der Waals surface area (Å²) < 4.78 is 19.0. The van der Waals surface area contributed by atoms with E-state index in [0.717, 1.165) is 29.5 Å². The summed E-state index contributed by atoms with van der Waals surface area (Å²) in [6.07, 6.45) is 0.783. The third kappa shape index (κ3) is 6.88. The van der Waals surface area contributed by atoms with Crippen molar-refractivity contribution in [1.29, 1.82) is 0 Å². The normalized spacial score (nSPS) is 12.8. The number of halogens is 1. The van der Waals surface area contributed by atoms with Crippen molar-refractivity contribution in [1.82, 2.24) is 5.32 Å². The van der Waals surface area contributed by atoms with Gasteiger partial charge < -0.3 is 20.3 Å². The molecular weight excluding hydrogens is 421 g/mol. The monoisotopic (exact) mass is 451 g/mol. The van der Waals surface area contributed by atoms with Crippen molar-refractivity contribution in [3.8, 4) is 16.9 Å². The van der Waals surface area contributed by atoms with Crippen molar-refractivity contribution >= 4 is 5.97 Å². The Morgan fingerprint density at radius 1 is 1.06 bits per heavy atom. The second-order valence-corrected chi connectivity index (χ2v) is 8.15. The summed E-state index contributed by atoms with van der Waals surface area (Å²) >= 11 is 0.